The van der Waals surface area contributed by atoms with Crippen molar-refractivity contribution >= 4 is 23.0 Å². The second-order valence-electron chi connectivity index (χ2n) is 3.60. The van der Waals surface area contributed by atoms with Gasteiger partial charge in [0.25, 0.3) is 0 Å². The van der Waals surface area contributed by atoms with Crippen molar-refractivity contribution in [2.24, 2.45) is 0 Å². The molecule has 0 fully saturated rings. The van der Waals surface area contributed by atoms with Gasteiger partial charge in [0, 0.05) is 12.8 Å². The number of halogens is 2. The SMILES string of the molecule is O=C1CC=C(c2ccc(F)cc2Cl)CC1. The summed E-state index contributed by atoms with van der Waals surface area (Å²) in [4.78, 5) is 11.0. The smallest absolute Gasteiger partial charge is 0.137 e. The van der Waals surface area contributed by atoms with E-state index in [1.165, 1.54) is 12.1 Å². The zero-order valence-electron chi connectivity index (χ0n) is 8.09. The Morgan fingerprint density at radius 3 is 2.67 bits per heavy atom. The van der Waals surface area contributed by atoms with Crippen LogP contribution in [0.5, 0.6) is 0 Å². The Labute approximate surface area is 92.6 Å². The predicted octanol–water partition coefficient (Wildman–Crippen LogP) is 3.62. The van der Waals surface area contributed by atoms with E-state index >= 15 is 0 Å². The minimum atomic E-state index is -0.337. The average molecular weight is 225 g/mol. The van der Waals surface area contributed by atoms with E-state index in [0.29, 0.717) is 24.3 Å². The largest absolute Gasteiger partial charge is 0.299 e. The zero-order valence-corrected chi connectivity index (χ0v) is 8.85. The van der Waals surface area contributed by atoms with E-state index in [9.17, 15) is 9.18 Å². The lowest BCUT2D eigenvalue weighted by atomic mass is 9.93. The maximum atomic E-state index is 12.8. The van der Waals surface area contributed by atoms with E-state index < -0.39 is 0 Å². The highest BCUT2D eigenvalue weighted by Crippen LogP contribution is 2.30. The maximum Gasteiger partial charge on any atom is 0.137 e. The van der Waals surface area contributed by atoms with Crippen LogP contribution in [0.25, 0.3) is 5.57 Å². The van der Waals surface area contributed by atoms with Crippen molar-refractivity contribution in [3.63, 3.8) is 0 Å². The van der Waals surface area contributed by atoms with Crippen molar-refractivity contribution in [2.75, 3.05) is 0 Å². The number of hydrogen-bond donors (Lipinski definition) is 0. The molecule has 0 saturated carbocycles. The molecule has 0 amide bonds. The fourth-order valence-corrected chi connectivity index (χ4v) is 2.00. The number of carbonyl (C=O) groups excluding carboxylic acids is 1. The molecule has 1 aliphatic carbocycles. The Hall–Kier alpha value is -1.15. The standard InChI is InChI=1S/C12H10ClFO/c13-12-7-9(14)3-6-11(12)8-1-4-10(15)5-2-8/h1,3,6-7H,2,4-5H2. The molecular formula is C12H10ClFO. The number of allylic oxidation sites excluding steroid dienone is 2. The van der Waals surface area contributed by atoms with Gasteiger partial charge in [-0.15, -0.1) is 0 Å². The molecule has 78 valence electrons. The normalized spacial score (nSPS) is 16.4. The van der Waals surface area contributed by atoms with Crippen LogP contribution in [0.3, 0.4) is 0 Å². The van der Waals surface area contributed by atoms with Crippen LogP contribution in [0.4, 0.5) is 4.39 Å². The lowest BCUT2D eigenvalue weighted by Gasteiger charge is -2.13. The highest BCUT2D eigenvalue weighted by Gasteiger charge is 2.14. The fourth-order valence-electron chi connectivity index (χ4n) is 1.71. The van der Waals surface area contributed by atoms with Crippen LogP contribution in [0, 0.1) is 5.82 Å². The Morgan fingerprint density at radius 2 is 2.07 bits per heavy atom. The minimum Gasteiger partial charge on any atom is -0.299 e. The maximum absolute atomic E-state index is 12.8. The molecule has 0 saturated heterocycles. The van der Waals surface area contributed by atoms with Crippen LogP contribution in [-0.4, -0.2) is 5.78 Å². The van der Waals surface area contributed by atoms with E-state index in [4.69, 9.17) is 11.6 Å². The third-order valence-corrected chi connectivity index (χ3v) is 2.84. The molecule has 0 spiro atoms. The number of benzene rings is 1. The first-order chi connectivity index (χ1) is 7.16. The molecule has 2 rings (SSSR count). The van der Waals surface area contributed by atoms with Crippen LogP contribution < -0.4 is 0 Å². The Kier molecular flexibility index (Phi) is 2.87. The number of rotatable bonds is 1. The Morgan fingerprint density at radius 1 is 1.27 bits per heavy atom. The molecule has 0 radical (unpaired) electrons. The van der Waals surface area contributed by atoms with Crippen molar-refractivity contribution < 1.29 is 9.18 Å². The molecule has 0 heterocycles. The summed E-state index contributed by atoms with van der Waals surface area (Å²) in [5.41, 5.74) is 1.88. The molecule has 1 aromatic carbocycles. The summed E-state index contributed by atoms with van der Waals surface area (Å²) in [5, 5.41) is 0.413. The first-order valence-corrected chi connectivity index (χ1v) is 5.21. The number of Topliss-reactive ketones (excluding diaryl/α,β-unsaturated/α-hetero) is 1. The zero-order chi connectivity index (χ0) is 10.8. The molecule has 1 nitrogen and oxygen atoms in total. The topological polar surface area (TPSA) is 17.1 Å². The first kappa shape index (κ1) is 10.4. The minimum absolute atomic E-state index is 0.247. The lowest BCUT2D eigenvalue weighted by Crippen LogP contribution is -2.03. The van der Waals surface area contributed by atoms with Gasteiger partial charge in [-0.05, 0) is 29.7 Å². The Bertz CT molecular complexity index is 437. The third kappa shape index (κ3) is 2.26. The Balaban J connectivity index is 2.34. The molecule has 3 heteroatoms. The molecule has 0 bridgehead atoms. The van der Waals surface area contributed by atoms with Crippen LogP contribution in [0.15, 0.2) is 24.3 Å². The summed E-state index contributed by atoms with van der Waals surface area (Å²) in [7, 11) is 0. The van der Waals surface area contributed by atoms with Crippen molar-refractivity contribution in [3.8, 4) is 0 Å². The van der Waals surface area contributed by atoms with Gasteiger partial charge in [-0.3, -0.25) is 4.79 Å². The molecule has 1 aliphatic rings. The van der Waals surface area contributed by atoms with E-state index in [0.717, 1.165) is 11.1 Å². The van der Waals surface area contributed by atoms with Gasteiger partial charge < -0.3 is 0 Å². The van der Waals surface area contributed by atoms with Crippen molar-refractivity contribution in [1.82, 2.24) is 0 Å². The summed E-state index contributed by atoms with van der Waals surface area (Å²) < 4.78 is 12.8. The van der Waals surface area contributed by atoms with Gasteiger partial charge >= 0.3 is 0 Å². The number of carbonyl (C=O) groups is 1. The second-order valence-corrected chi connectivity index (χ2v) is 4.00. The first-order valence-electron chi connectivity index (χ1n) is 4.83. The van der Waals surface area contributed by atoms with Gasteiger partial charge in [0.05, 0.1) is 5.02 Å². The number of hydrogen-bond acceptors (Lipinski definition) is 1. The summed E-state index contributed by atoms with van der Waals surface area (Å²) in [5.74, 6) is -0.0896. The molecule has 1 aromatic rings. The van der Waals surface area contributed by atoms with Gasteiger partial charge in [-0.25, -0.2) is 4.39 Å². The van der Waals surface area contributed by atoms with E-state index in [2.05, 4.69) is 0 Å². The van der Waals surface area contributed by atoms with Gasteiger partial charge in [0.1, 0.15) is 11.6 Å². The van der Waals surface area contributed by atoms with Crippen molar-refractivity contribution in [3.05, 3.63) is 40.7 Å². The summed E-state index contributed by atoms with van der Waals surface area (Å²) in [6.07, 6.45) is 3.59. The monoisotopic (exact) mass is 224 g/mol. The second kappa shape index (κ2) is 4.15. The molecule has 15 heavy (non-hydrogen) atoms. The fraction of sp³-hybridized carbons (Fsp3) is 0.250. The summed E-state index contributed by atoms with van der Waals surface area (Å²) in [6.45, 7) is 0. The predicted molar refractivity (Wildman–Crippen MR) is 58.2 cm³/mol. The lowest BCUT2D eigenvalue weighted by molar-refractivity contribution is -0.118. The van der Waals surface area contributed by atoms with Crippen LogP contribution in [0.2, 0.25) is 5.02 Å². The van der Waals surface area contributed by atoms with Crippen LogP contribution >= 0.6 is 11.6 Å². The third-order valence-electron chi connectivity index (χ3n) is 2.53. The summed E-state index contributed by atoms with van der Waals surface area (Å²) in [6, 6.07) is 4.35. The van der Waals surface area contributed by atoms with Gasteiger partial charge in [-0.1, -0.05) is 23.7 Å². The molecule has 0 atom stereocenters. The highest BCUT2D eigenvalue weighted by atomic mass is 35.5. The van der Waals surface area contributed by atoms with Gasteiger partial charge in [-0.2, -0.15) is 0 Å². The van der Waals surface area contributed by atoms with Crippen molar-refractivity contribution in [2.45, 2.75) is 19.3 Å². The highest BCUT2D eigenvalue weighted by molar-refractivity contribution is 6.32. The molecule has 0 N–H and O–H groups in total. The molecule has 0 aromatic heterocycles. The average Bonchev–Trinajstić information content (AvgIpc) is 2.20. The molecule has 0 unspecified atom stereocenters. The van der Waals surface area contributed by atoms with Crippen molar-refractivity contribution in [1.29, 1.82) is 0 Å². The quantitative estimate of drug-likeness (QED) is 0.712. The summed E-state index contributed by atoms with van der Waals surface area (Å²) >= 11 is 5.93. The molecular weight excluding hydrogens is 215 g/mol. The van der Waals surface area contributed by atoms with Gasteiger partial charge in [0.2, 0.25) is 0 Å². The number of ketones is 1. The van der Waals surface area contributed by atoms with E-state index in [-0.39, 0.29) is 11.6 Å². The molecule has 0 aliphatic heterocycles. The van der Waals surface area contributed by atoms with E-state index in [1.807, 2.05) is 6.08 Å². The van der Waals surface area contributed by atoms with Crippen LogP contribution in [0.1, 0.15) is 24.8 Å². The van der Waals surface area contributed by atoms with Gasteiger partial charge in [0.15, 0.2) is 0 Å². The van der Waals surface area contributed by atoms with E-state index in [1.54, 1.807) is 6.07 Å². The van der Waals surface area contributed by atoms with Crippen LogP contribution in [-0.2, 0) is 4.79 Å².